The van der Waals surface area contributed by atoms with E-state index in [1.54, 1.807) is 0 Å². The molecule has 2 nitrogen and oxygen atoms in total. The number of benzene rings is 1. The number of anilines is 1. The molecule has 0 spiro atoms. The van der Waals surface area contributed by atoms with Crippen LogP contribution in [0.15, 0.2) is 42.6 Å². The maximum Gasteiger partial charge on any atom is 0.0603 e. The quantitative estimate of drug-likeness (QED) is 0.848. The zero-order valence-corrected chi connectivity index (χ0v) is 12.0. The molecule has 0 amide bonds. The van der Waals surface area contributed by atoms with Gasteiger partial charge in [0.2, 0.25) is 0 Å². The van der Waals surface area contributed by atoms with Gasteiger partial charge in [-0.25, -0.2) is 0 Å². The van der Waals surface area contributed by atoms with Crippen LogP contribution >= 0.6 is 0 Å². The number of pyridine rings is 1. The fourth-order valence-electron chi connectivity index (χ4n) is 2.22. The van der Waals surface area contributed by atoms with Crippen molar-refractivity contribution in [3.05, 3.63) is 59.4 Å². The highest BCUT2D eigenvalue weighted by atomic mass is 14.9. The van der Waals surface area contributed by atoms with Crippen LogP contribution in [0.3, 0.4) is 0 Å². The average Bonchev–Trinajstić information content (AvgIpc) is 2.42. The van der Waals surface area contributed by atoms with Gasteiger partial charge in [-0.2, -0.15) is 0 Å². The normalized spacial score (nSPS) is 12.2. The molecule has 0 bridgehead atoms. The second-order valence-corrected chi connectivity index (χ2v) is 4.99. The summed E-state index contributed by atoms with van der Waals surface area (Å²) in [5.74, 6) is 0. The summed E-state index contributed by atoms with van der Waals surface area (Å²) < 4.78 is 0. The Morgan fingerprint density at radius 1 is 1.16 bits per heavy atom. The largest absolute Gasteiger partial charge is 0.377 e. The van der Waals surface area contributed by atoms with Gasteiger partial charge in [0.25, 0.3) is 0 Å². The van der Waals surface area contributed by atoms with Crippen molar-refractivity contribution >= 4 is 5.69 Å². The van der Waals surface area contributed by atoms with E-state index in [1.807, 2.05) is 19.2 Å². The Morgan fingerprint density at radius 3 is 2.53 bits per heavy atom. The molecule has 19 heavy (non-hydrogen) atoms. The molecule has 1 heterocycles. The van der Waals surface area contributed by atoms with E-state index < -0.39 is 0 Å². The molecule has 0 aliphatic carbocycles. The third-order valence-corrected chi connectivity index (χ3v) is 3.40. The van der Waals surface area contributed by atoms with E-state index in [9.17, 15) is 0 Å². The van der Waals surface area contributed by atoms with E-state index in [1.165, 1.54) is 17.5 Å². The van der Waals surface area contributed by atoms with Gasteiger partial charge >= 0.3 is 0 Å². The number of aryl methyl sites for hydroxylation is 2. The van der Waals surface area contributed by atoms with Crippen molar-refractivity contribution < 1.29 is 0 Å². The summed E-state index contributed by atoms with van der Waals surface area (Å²) in [5.41, 5.74) is 4.86. The molecule has 0 saturated carbocycles. The summed E-state index contributed by atoms with van der Waals surface area (Å²) in [6.07, 6.45) is 4.18. The lowest BCUT2D eigenvalue weighted by molar-refractivity contribution is 0.872. The monoisotopic (exact) mass is 254 g/mol. The smallest absolute Gasteiger partial charge is 0.0603 e. The minimum absolute atomic E-state index is 0.290. The summed E-state index contributed by atoms with van der Waals surface area (Å²) in [4.78, 5) is 4.30. The van der Waals surface area contributed by atoms with Gasteiger partial charge in [0, 0.05) is 12.2 Å². The molecule has 2 aromatic rings. The molecule has 100 valence electrons. The number of aromatic nitrogens is 1. The second kappa shape index (κ2) is 6.37. The molecule has 2 rings (SSSR count). The summed E-state index contributed by atoms with van der Waals surface area (Å²) in [5, 5.41) is 3.52. The highest BCUT2D eigenvalue weighted by Crippen LogP contribution is 2.21. The highest BCUT2D eigenvalue weighted by Gasteiger charge is 2.06. The number of nitrogens with one attached hydrogen (secondary N) is 1. The Hall–Kier alpha value is -1.83. The third-order valence-electron chi connectivity index (χ3n) is 3.40. The van der Waals surface area contributed by atoms with Crippen molar-refractivity contribution in [2.45, 2.75) is 39.7 Å². The van der Waals surface area contributed by atoms with Crippen molar-refractivity contribution in [3.8, 4) is 0 Å². The number of hydrogen-bond acceptors (Lipinski definition) is 2. The SMILES string of the molecule is CCCc1ccc(C(C)Nc2cccnc2C)cc1. The third kappa shape index (κ3) is 3.57. The molecule has 0 radical (unpaired) electrons. The molecule has 2 heteroatoms. The Morgan fingerprint density at radius 2 is 1.89 bits per heavy atom. The van der Waals surface area contributed by atoms with Gasteiger partial charge in [-0.3, -0.25) is 4.98 Å². The lowest BCUT2D eigenvalue weighted by atomic mass is 10.0. The molecular formula is C17H22N2. The van der Waals surface area contributed by atoms with Crippen LogP contribution in [-0.2, 0) is 6.42 Å². The topological polar surface area (TPSA) is 24.9 Å². The predicted octanol–water partition coefficient (Wildman–Crippen LogP) is 4.52. The zero-order valence-electron chi connectivity index (χ0n) is 12.0. The van der Waals surface area contributed by atoms with Crippen LogP contribution in [0.1, 0.15) is 43.1 Å². The first-order valence-corrected chi connectivity index (χ1v) is 6.97. The molecule has 1 unspecified atom stereocenters. The molecule has 1 N–H and O–H groups in total. The summed E-state index contributed by atoms with van der Waals surface area (Å²) in [6, 6.07) is 13.2. The Bertz CT molecular complexity index is 517. The minimum Gasteiger partial charge on any atom is -0.377 e. The minimum atomic E-state index is 0.290. The summed E-state index contributed by atoms with van der Waals surface area (Å²) in [6.45, 7) is 6.42. The van der Waals surface area contributed by atoms with Crippen LogP contribution in [0.4, 0.5) is 5.69 Å². The van der Waals surface area contributed by atoms with Crippen molar-refractivity contribution in [1.82, 2.24) is 4.98 Å². The van der Waals surface area contributed by atoms with Gasteiger partial charge in [0.15, 0.2) is 0 Å². The predicted molar refractivity (Wildman–Crippen MR) is 81.4 cm³/mol. The molecule has 1 aromatic heterocycles. The Balaban J connectivity index is 2.07. The van der Waals surface area contributed by atoms with Crippen LogP contribution in [0.25, 0.3) is 0 Å². The van der Waals surface area contributed by atoms with Gasteiger partial charge in [0.1, 0.15) is 0 Å². The lowest BCUT2D eigenvalue weighted by Crippen LogP contribution is -2.08. The van der Waals surface area contributed by atoms with Crippen molar-refractivity contribution in [1.29, 1.82) is 0 Å². The molecule has 0 aliphatic heterocycles. The van der Waals surface area contributed by atoms with Gasteiger partial charge in [-0.1, -0.05) is 37.6 Å². The second-order valence-electron chi connectivity index (χ2n) is 4.99. The number of hydrogen-bond donors (Lipinski definition) is 1. The molecule has 1 aromatic carbocycles. The summed E-state index contributed by atoms with van der Waals surface area (Å²) in [7, 11) is 0. The molecule has 1 atom stereocenters. The fourth-order valence-corrected chi connectivity index (χ4v) is 2.22. The van der Waals surface area contributed by atoms with E-state index in [0.29, 0.717) is 6.04 Å². The van der Waals surface area contributed by atoms with Gasteiger partial charge < -0.3 is 5.32 Å². The Labute approximate surface area is 115 Å². The van der Waals surface area contributed by atoms with Crippen molar-refractivity contribution in [2.75, 3.05) is 5.32 Å². The van der Waals surface area contributed by atoms with Crippen LogP contribution < -0.4 is 5.32 Å². The summed E-state index contributed by atoms with van der Waals surface area (Å²) >= 11 is 0. The van der Waals surface area contributed by atoms with E-state index in [-0.39, 0.29) is 0 Å². The standard InChI is InChI=1S/C17H22N2/c1-4-6-15-8-10-16(11-9-15)13(2)19-17-7-5-12-18-14(17)3/h5,7-13,19H,4,6H2,1-3H3. The van der Waals surface area contributed by atoms with Gasteiger partial charge in [0.05, 0.1) is 11.4 Å². The van der Waals surface area contributed by atoms with Crippen LogP contribution in [0, 0.1) is 6.92 Å². The maximum absolute atomic E-state index is 4.30. The first-order chi connectivity index (χ1) is 9.20. The average molecular weight is 254 g/mol. The molecule has 0 aliphatic rings. The van der Waals surface area contributed by atoms with E-state index in [4.69, 9.17) is 0 Å². The molecule has 0 saturated heterocycles. The molecular weight excluding hydrogens is 232 g/mol. The zero-order chi connectivity index (χ0) is 13.7. The van der Waals surface area contributed by atoms with E-state index >= 15 is 0 Å². The Kier molecular flexibility index (Phi) is 4.56. The molecule has 0 fully saturated rings. The highest BCUT2D eigenvalue weighted by molar-refractivity contribution is 5.48. The van der Waals surface area contributed by atoms with Gasteiger partial charge in [-0.05, 0) is 43.5 Å². The first-order valence-electron chi connectivity index (χ1n) is 6.97. The number of nitrogens with zero attached hydrogens (tertiary/aromatic N) is 1. The fraction of sp³-hybridized carbons (Fsp3) is 0.353. The van der Waals surface area contributed by atoms with E-state index in [2.05, 4.69) is 54.5 Å². The first kappa shape index (κ1) is 13.6. The number of rotatable bonds is 5. The van der Waals surface area contributed by atoms with Crippen LogP contribution in [0.2, 0.25) is 0 Å². The van der Waals surface area contributed by atoms with Gasteiger partial charge in [-0.15, -0.1) is 0 Å². The van der Waals surface area contributed by atoms with Crippen molar-refractivity contribution in [2.24, 2.45) is 0 Å². The van der Waals surface area contributed by atoms with E-state index in [0.717, 1.165) is 17.8 Å². The maximum atomic E-state index is 4.30. The van der Waals surface area contributed by atoms with Crippen LogP contribution in [-0.4, -0.2) is 4.98 Å². The van der Waals surface area contributed by atoms with Crippen molar-refractivity contribution in [3.63, 3.8) is 0 Å². The van der Waals surface area contributed by atoms with Crippen LogP contribution in [0.5, 0.6) is 0 Å². The lowest BCUT2D eigenvalue weighted by Gasteiger charge is -2.17.